The van der Waals surface area contributed by atoms with Crippen molar-refractivity contribution in [2.45, 2.75) is 6.61 Å². The van der Waals surface area contributed by atoms with E-state index in [1.807, 2.05) is 24.3 Å². The van der Waals surface area contributed by atoms with Crippen LogP contribution in [0, 0.1) is 10.1 Å². The van der Waals surface area contributed by atoms with Gasteiger partial charge in [0.15, 0.2) is 0 Å². The van der Waals surface area contributed by atoms with Crippen LogP contribution in [0.2, 0.25) is 0 Å². The summed E-state index contributed by atoms with van der Waals surface area (Å²) in [5.41, 5.74) is 3.34. The summed E-state index contributed by atoms with van der Waals surface area (Å²) >= 11 is 0. The highest BCUT2D eigenvalue weighted by Crippen LogP contribution is 2.23. The fraction of sp³-hybridized carbons (Fsp3) is 0.0714. The van der Waals surface area contributed by atoms with Crippen LogP contribution in [0.3, 0.4) is 0 Å². The Morgan fingerprint density at radius 3 is 2.84 bits per heavy atom. The van der Waals surface area contributed by atoms with Crippen LogP contribution in [0.5, 0.6) is 0 Å². The van der Waals surface area contributed by atoms with Gasteiger partial charge in [-0.15, -0.1) is 0 Å². The zero-order chi connectivity index (χ0) is 13.2. The molecule has 1 aliphatic heterocycles. The molecule has 1 heterocycles. The van der Waals surface area contributed by atoms with E-state index in [1.54, 1.807) is 12.1 Å². The average Bonchev–Trinajstić information content (AvgIpc) is 2.47. The van der Waals surface area contributed by atoms with Gasteiger partial charge in [-0.25, -0.2) is 0 Å². The molecule has 0 amide bonds. The van der Waals surface area contributed by atoms with Crippen molar-refractivity contribution < 1.29 is 9.76 Å². The summed E-state index contributed by atoms with van der Waals surface area (Å²) in [6, 6.07) is 14.1. The van der Waals surface area contributed by atoms with Crippen LogP contribution >= 0.6 is 0 Å². The van der Waals surface area contributed by atoms with Crippen LogP contribution < -0.4 is 0 Å². The molecule has 0 unspecified atom stereocenters. The molecule has 0 radical (unpaired) electrons. The summed E-state index contributed by atoms with van der Waals surface area (Å²) in [7, 11) is 0. The fourth-order valence-corrected chi connectivity index (χ4v) is 2.07. The molecule has 3 rings (SSSR count). The molecule has 5 heteroatoms. The summed E-state index contributed by atoms with van der Waals surface area (Å²) in [5.74, 6) is 0. The number of hydrogen-bond acceptors (Lipinski definition) is 4. The van der Waals surface area contributed by atoms with Gasteiger partial charge >= 0.3 is 0 Å². The van der Waals surface area contributed by atoms with Crippen LogP contribution in [0.4, 0.5) is 5.69 Å². The molecular weight excluding hydrogens is 244 g/mol. The lowest BCUT2D eigenvalue weighted by Crippen LogP contribution is -2.12. The molecule has 0 aromatic heterocycles. The molecule has 0 spiro atoms. The number of oxime groups is 1. The average molecular weight is 254 g/mol. The zero-order valence-electron chi connectivity index (χ0n) is 9.95. The van der Waals surface area contributed by atoms with E-state index in [0.717, 1.165) is 11.1 Å². The number of nitro groups is 1. The van der Waals surface area contributed by atoms with E-state index in [4.69, 9.17) is 4.84 Å². The van der Waals surface area contributed by atoms with Gasteiger partial charge in [0.1, 0.15) is 12.3 Å². The predicted molar refractivity (Wildman–Crippen MR) is 70.0 cm³/mol. The Morgan fingerprint density at radius 1 is 1.16 bits per heavy atom. The lowest BCUT2D eigenvalue weighted by atomic mass is 9.97. The minimum Gasteiger partial charge on any atom is -0.390 e. The lowest BCUT2D eigenvalue weighted by molar-refractivity contribution is -0.384. The molecule has 0 atom stereocenters. The third kappa shape index (κ3) is 2.06. The van der Waals surface area contributed by atoms with Crippen LogP contribution in [-0.4, -0.2) is 10.6 Å². The maximum atomic E-state index is 10.8. The van der Waals surface area contributed by atoms with Crippen molar-refractivity contribution in [3.8, 4) is 0 Å². The second-order valence-corrected chi connectivity index (χ2v) is 4.18. The molecular formula is C14H10N2O3. The third-order valence-corrected chi connectivity index (χ3v) is 2.98. The van der Waals surface area contributed by atoms with Crippen LogP contribution in [0.1, 0.15) is 16.7 Å². The normalized spacial score (nSPS) is 13.2. The highest BCUT2D eigenvalue weighted by Gasteiger charge is 2.18. The third-order valence-electron chi connectivity index (χ3n) is 2.98. The predicted octanol–water partition coefficient (Wildman–Crippen LogP) is 2.88. The van der Waals surface area contributed by atoms with Gasteiger partial charge in [0, 0.05) is 28.8 Å². The molecule has 94 valence electrons. The summed E-state index contributed by atoms with van der Waals surface area (Å²) in [4.78, 5) is 15.6. The van der Waals surface area contributed by atoms with Gasteiger partial charge in [0.2, 0.25) is 0 Å². The van der Waals surface area contributed by atoms with Crippen molar-refractivity contribution in [1.29, 1.82) is 0 Å². The van der Waals surface area contributed by atoms with Crippen molar-refractivity contribution in [3.63, 3.8) is 0 Å². The zero-order valence-corrected chi connectivity index (χ0v) is 9.95. The number of non-ortho nitro benzene ring substituents is 1. The van der Waals surface area contributed by atoms with Gasteiger partial charge in [-0.05, 0) is 0 Å². The standard InChI is InChI=1S/C14H10N2O3/c17-16(18)12-6-3-5-10(8-12)14-13-7-2-1-4-11(13)9-19-15-14/h1-8H,9H2. The Labute approximate surface area is 109 Å². The minimum atomic E-state index is -0.417. The Bertz CT molecular complexity index is 680. The molecule has 0 aliphatic carbocycles. The number of fused-ring (bicyclic) bond motifs is 1. The van der Waals surface area contributed by atoms with E-state index in [9.17, 15) is 10.1 Å². The second-order valence-electron chi connectivity index (χ2n) is 4.18. The molecule has 2 aromatic carbocycles. The Kier molecular flexibility index (Phi) is 2.72. The highest BCUT2D eigenvalue weighted by molar-refractivity contribution is 6.14. The quantitative estimate of drug-likeness (QED) is 0.611. The van der Waals surface area contributed by atoms with Gasteiger partial charge in [-0.1, -0.05) is 41.6 Å². The van der Waals surface area contributed by atoms with E-state index >= 15 is 0 Å². The molecule has 0 N–H and O–H groups in total. The molecule has 1 aliphatic rings. The maximum Gasteiger partial charge on any atom is 0.270 e. The smallest absolute Gasteiger partial charge is 0.270 e. The fourth-order valence-electron chi connectivity index (χ4n) is 2.07. The Hall–Kier alpha value is -2.69. The Morgan fingerprint density at radius 2 is 2.00 bits per heavy atom. The number of rotatable bonds is 2. The molecule has 0 bridgehead atoms. The van der Waals surface area contributed by atoms with E-state index < -0.39 is 4.92 Å². The molecule has 2 aromatic rings. The van der Waals surface area contributed by atoms with Crippen molar-refractivity contribution in [3.05, 3.63) is 75.3 Å². The monoisotopic (exact) mass is 254 g/mol. The van der Waals surface area contributed by atoms with Gasteiger partial charge in [0.05, 0.1) is 4.92 Å². The van der Waals surface area contributed by atoms with Crippen molar-refractivity contribution in [1.82, 2.24) is 0 Å². The number of nitrogens with zero attached hydrogens (tertiary/aromatic N) is 2. The van der Waals surface area contributed by atoms with E-state index in [0.29, 0.717) is 17.9 Å². The first-order chi connectivity index (χ1) is 9.25. The number of benzene rings is 2. The van der Waals surface area contributed by atoms with Crippen LogP contribution in [0.15, 0.2) is 53.7 Å². The first-order valence-electron chi connectivity index (χ1n) is 5.79. The lowest BCUT2D eigenvalue weighted by Gasteiger charge is -2.16. The molecule has 0 fully saturated rings. The Balaban J connectivity index is 2.10. The van der Waals surface area contributed by atoms with Crippen molar-refractivity contribution >= 4 is 11.4 Å². The summed E-state index contributed by atoms with van der Waals surface area (Å²) in [6.45, 7) is 0.425. The largest absolute Gasteiger partial charge is 0.390 e. The van der Waals surface area contributed by atoms with E-state index in [1.165, 1.54) is 12.1 Å². The SMILES string of the molecule is O=[N+]([O-])c1cccc(C2=NOCc3ccccc32)c1. The topological polar surface area (TPSA) is 64.7 Å². The van der Waals surface area contributed by atoms with Crippen molar-refractivity contribution in [2.24, 2.45) is 5.16 Å². The second kappa shape index (κ2) is 4.53. The minimum absolute atomic E-state index is 0.0447. The molecule has 19 heavy (non-hydrogen) atoms. The van der Waals surface area contributed by atoms with Gasteiger partial charge in [0.25, 0.3) is 5.69 Å². The maximum absolute atomic E-state index is 10.8. The van der Waals surface area contributed by atoms with Crippen molar-refractivity contribution in [2.75, 3.05) is 0 Å². The molecule has 0 saturated heterocycles. The van der Waals surface area contributed by atoms with E-state index in [-0.39, 0.29) is 5.69 Å². The molecule has 0 saturated carbocycles. The van der Waals surface area contributed by atoms with Gasteiger partial charge in [-0.2, -0.15) is 0 Å². The summed E-state index contributed by atoms with van der Waals surface area (Å²) < 4.78 is 0. The summed E-state index contributed by atoms with van der Waals surface area (Å²) in [6.07, 6.45) is 0. The first-order valence-corrected chi connectivity index (χ1v) is 5.79. The summed E-state index contributed by atoms with van der Waals surface area (Å²) in [5, 5.41) is 14.9. The van der Waals surface area contributed by atoms with Gasteiger partial charge < -0.3 is 4.84 Å². The van der Waals surface area contributed by atoms with Crippen LogP contribution in [-0.2, 0) is 11.4 Å². The number of hydrogen-bond donors (Lipinski definition) is 0. The first kappa shape index (κ1) is 11.4. The van der Waals surface area contributed by atoms with Gasteiger partial charge in [-0.3, -0.25) is 10.1 Å². The van der Waals surface area contributed by atoms with E-state index in [2.05, 4.69) is 5.16 Å². The highest BCUT2D eigenvalue weighted by atomic mass is 16.6. The van der Waals surface area contributed by atoms with Crippen LogP contribution in [0.25, 0.3) is 0 Å². The number of nitro benzene ring substituents is 1. The molecule has 5 nitrogen and oxygen atoms in total.